The van der Waals surface area contributed by atoms with Crippen molar-refractivity contribution in [2.24, 2.45) is 0 Å². The van der Waals surface area contributed by atoms with Crippen molar-refractivity contribution >= 4 is 10.9 Å². The number of ether oxygens (including phenoxy) is 1. The highest BCUT2D eigenvalue weighted by Crippen LogP contribution is 2.27. The molecule has 1 aromatic heterocycles. The minimum Gasteiger partial charge on any atom is -0.491 e. The van der Waals surface area contributed by atoms with Gasteiger partial charge in [-0.3, -0.25) is 4.79 Å². The quantitative estimate of drug-likeness (QED) is 0.775. The van der Waals surface area contributed by atoms with Crippen LogP contribution in [0, 0.1) is 5.82 Å². The van der Waals surface area contributed by atoms with Crippen LogP contribution in [0.15, 0.2) is 53.3 Å². The van der Waals surface area contributed by atoms with Gasteiger partial charge in [0.15, 0.2) is 5.75 Å². The molecule has 2 aromatic carbocycles. The van der Waals surface area contributed by atoms with Crippen molar-refractivity contribution in [3.8, 4) is 16.9 Å². The fraction of sp³-hybridized carbons (Fsp3) is 0.0625. The number of aromatic amines is 1. The van der Waals surface area contributed by atoms with Crippen LogP contribution in [0.3, 0.4) is 0 Å². The summed E-state index contributed by atoms with van der Waals surface area (Å²) in [5.41, 5.74) is 2.12. The number of benzene rings is 2. The Hall–Kier alpha value is -2.62. The SMILES string of the molecule is COc1cc2cccc(-c3ccc(F)cc3)c2[nH]c1=O. The number of rotatable bonds is 2. The van der Waals surface area contributed by atoms with Crippen LogP contribution in [0.25, 0.3) is 22.0 Å². The van der Waals surface area contributed by atoms with E-state index >= 15 is 0 Å². The fourth-order valence-electron chi connectivity index (χ4n) is 2.23. The predicted octanol–water partition coefficient (Wildman–Crippen LogP) is 3.34. The van der Waals surface area contributed by atoms with Crippen LogP contribution in [0.4, 0.5) is 4.39 Å². The second-order valence-electron chi connectivity index (χ2n) is 4.44. The van der Waals surface area contributed by atoms with Gasteiger partial charge in [-0.25, -0.2) is 4.39 Å². The van der Waals surface area contributed by atoms with Gasteiger partial charge in [-0.1, -0.05) is 30.3 Å². The molecule has 0 aliphatic rings. The molecular formula is C16H12FNO2. The summed E-state index contributed by atoms with van der Waals surface area (Å²) in [6.07, 6.45) is 0. The van der Waals surface area contributed by atoms with Crippen molar-refractivity contribution in [1.29, 1.82) is 0 Å². The first-order valence-electron chi connectivity index (χ1n) is 6.15. The summed E-state index contributed by atoms with van der Waals surface area (Å²) in [4.78, 5) is 14.7. The van der Waals surface area contributed by atoms with Gasteiger partial charge in [-0.15, -0.1) is 0 Å². The summed E-state index contributed by atoms with van der Waals surface area (Å²) in [6.45, 7) is 0. The maximum absolute atomic E-state index is 13.0. The van der Waals surface area contributed by atoms with Crippen LogP contribution in [0.1, 0.15) is 0 Å². The molecule has 0 amide bonds. The van der Waals surface area contributed by atoms with E-state index in [9.17, 15) is 9.18 Å². The van der Waals surface area contributed by atoms with E-state index in [1.165, 1.54) is 19.2 Å². The van der Waals surface area contributed by atoms with Gasteiger partial charge < -0.3 is 9.72 Å². The molecule has 0 fully saturated rings. The van der Waals surface area contributed by atoms with Gasteiger partial charge in [-0.05, 0) is 23.8 Å². The zero-order valence-electron chi connectivity index (χ0n) is 10.8. The Morgan fingerprint density at radius 3 is 2.55 bits per heavy atom. The molecule has 1 N–H and O–H groups in total. The standard InChI is InChI=1S/C16H12FNO2/c1-20-14-9-11-3-2-4-13(15(11)18-16(14)19)10-5-7-12(17)8-6-10/h2-9H,1H3,(H,18,19). The smallest absolute Gasteiger partial charge is 0.290 e. The number of nitrogens with one attached hydrogen (secondary N) is 1. The third-order valence-corrected chi connectivity index (χ3v) is 3.22. The van der Waals surface area contributed by atoms with E-state index in [2.05, 4.69) is 4.98 Å². The van der Waals surface area contributed by atoms with Crippen molar-refractivity contribution in [1.82, 2.24) is 4.98 Å². The number of pyridine rings is 1. The summed E-state index contributed by atoms with van der Waals surface area (Å²) in [6, 6.07) is 13.5. The topological polar surface area (TPSA) is 42.1 Å². The largest absolute Gasteiger partial charge is 0.491 e. The van der Waals surface area contributed by atoms with Gasteiger partial charge in [0.2, 0.25) is 0 Å². The Kier molecular flexibility index (Phi) is 2.99. The number of methoxy groups -OCH3 is 1. The Balaban J connectivity index is 2.29. The van der Waals surface area contributed by atoms with Crippen LogP contribution < -0.4 is 10.3 Å². The monoisotopic (exact) mass is 269 g/mol. The van der Waals surface area contributed by atoms with Crippen molar-refractivity contribution in [3.63, 3.8) is 0 Å². The molecule has 3 nitrogen and oxygen atoms in total. The first-order chi connectivity index (χ1) is 9.69. The Morgan fingerprint density at radius 2 is 1.85 bits per heavy atom. The number of hydrogen-bond donors (Lipinski definition) is 1. The molecular weight excluding hydrogens is 257 g/mol. The van der Waals surface area contributed by atoms with Crippen LogP contribution in [-0.4, -0.2) is 12.1 Å². The molecule has 100 valence electrons. The highest BCUT2D eigenvalue weighted by molar-refractivity contribution is 5.94. The lowest BCUT2D eigenvalue weighted by molar-refractivity contribution is 0.409. The van der Waals surface area contributed by atoms with Gasteiger partial charge in [0.1, 0.15) is 5.82 Å². The van der Waals surface area contributed by atoms with Crippen LogP contribution in [-0.2, 0) is 0 Å². The van der Waals surface area contributed by atoms with Gasteiger partial charge in [-0.2, -0.15) is 0 Å². The number of halogens is 1. The molecule has 0 aliphatic heterocycles. The summed E-state index contributed by atoms with van der Waals surface area (Å²) in [5.74, 6) is -0.0158. The Labute approximate surface area is 114 Å². The number of H-pyrrole nitrogens is 1. The van der Waals surface area contributed by atoms with Crippen molar-refractivity contribution < 1.29 is 9.13 Å². The molecule has 0 atom stereocenters. The molecule has 4 heteroatoms. The highest BCUT2D eigenvalue weighted by Gasteiger charge is 2.08. The molecule has 0 saturated carbocycles. The maximum Gasteiger partial charge on any atom is 0.290 e. The molecule has 0 saturated heterocycles. The summed E-state index contributed by atoms with van der Waals surface area (Å²) in [7, 11) is 1.46. The van der Waals surface area contributed by atoms with Gasteiger partial charge >= 0.3 is 0 Å². The van der Waals surface area contributed by atoms with Crippen LogP contribution in [0.2, 0.25) is 0 Å². The maximum atomic E-state index is 13.0. The van der Waals surface area contributed by atoms with E-state index < -0.39 is 0 Å². The number of hydrogen-bond acceptors (Lipinski definition) is 2. The number of aromatic nitrogens is 1. The summed E-state index contributed by atoms with van der Waals surface area (Å²) in [5, 5.41) is 0.864. The predicted molar refractivity (Wildman–Crippen MR) is 76.5 cm³/mol. The third kappa shape index (κ3) is 2.05. The Morgan fingerprint density at radius 1 is 1.10 bits per heavy atom. The number of fused-ring (bicyclic) bond motifs is 1. The van der Waals surface area contributed by atoms with E-state index in [0.717, 1.165) is 16.5 Å². The second-order valence-corrected chi connectivity index (χ2v) is 4.44. The van der Waals surface area contributed by atoms with E-state index in [4.69, 9.17) is 4.74 Å². The summed E-state index contributed by atoms with van der Waals surface area (Å²) >= 11 is 0. The first kappa shape index (κ1) is 12.4. The van der Waals surface area contributed by atoms with Gasteiger partial charge in [0.25, 0.3) is 5.56 Å². The number of para-hydroxylation sites is 1. The minimum absolute atomic E-state index is 0.272. The molecule has 0 bridgehead atoms. The van der Waals surface area contributed by atoms with E-state index in [0.29, 0.717) is 5.52 Å². The zero-order valence-corrected chi connectivity index (χ0v) is 10.8. The third-order valence-electron chi connectivity index (χ3n) is 3.22. The average Bonchev–Trinajstić information content (AvgIpc) is 2.47. The van der Waals surface area contributed by atoms with Crippen LogP contribution in [0.5, 0.6) is 5.75 Å². The van der Waals surface area contributed by atoms with Crippen LogP contribution >= 0.6 is 0 Å². The Bertz CT molecular complexity index is 822. The van der Waals surface area contributed by atoms with E-state index in [1.807, 2.05) is 18.2 Å². The van der Waals surface area contributed by atoms with E-state index in [-0.39, 0.29) is 17.1 Å². The van der Waals surface area contributed by atoms with Crippen molar-refractivity contribution in [2.45, 2.75) is 0 Å². The second kappa shape index (κ2) is 4.81. The van der Waals surface area contributed by atoms with Gasteiger partial charge in [0, 0.05) is 10.9 Å². The molecule has 3 aromatic rings. The molecule has 1 heterocycles. The lowest BCUT2D eigenvalue weighted by atomic mass is 10.0. The molecule has 3 rings (SSSR count). The van der Waals surface area contributed by atoms with Crippen molar-refractivity contribution in [3.05, 3.63) is 64.7 Å². The average molecular weight is 269 g/mol. The molecule has 20 heavy (non-hydrogen) atoms. The van der Waals surface area contributed by atoms with Gasteiger partial charge in [0.05, 0.1) is 12.6 Å². The zero-order chi connectivity index (χ0) is 14.1. The normalized spacial score (nSPS) is 10.7. The van der Waals surface area contributed by atoms with E-state index in [1.54, 1.807) is 18.2 Å². The highest BCUT2D eigenvalue weighted by atomic mass is 19.1. The first-order valence-corrected chi connectivity index (χ1v) is 6.15. The fourth-order valence-corrected chi connectivity index (χ4v) is 2.23. The lowest BCUT2D eigenvalue weighted by Crippen LogP contribution is -2.09. The molecule has 0 spiro atoms. The molecule has 0 radical (unpaired) electrons. The molecule has 0 unspecified atom stereocenters. The van der Waals surface area contributed by atoms with Crippen molar-refractivity contribution in [2.75, 3.05) is 7.11 Å². The molecule has 0 aliphatic carbocycles. The summed E-state index contributed by atoms with van der Waals surface area (Å²) < 4.78 is 18.0. The lowest BCUT2D eigenvalue weighted by Gasteiger charge is -2.08. The minimum atomic E-state index is -0.288.